The topological polar surface area (TPSA) is 49.0 Å². The standard InChI is InChI=1S/C17H13F2N3OS/c18-11-7-13-14(8-12(11)19)21-17(20-13)24-9-16(23)22-6-5-10-3-1-2-4-15(10)22/h1-4,7-8H,5-6,9H2,(H,20,21). The van der Waals surface area contributed by atoms with Crippen molar-refractivity contribution in [2.24, 2.45) is 0 Å². The Hall–Kier alpha value is -2.41. The van der Waals surface area contributed by atoms with Crippen LogP contribution in [-0.2, 0) is 11.2 Å². The number of carbonyl (C=O) groups is 1. The summed E-state index contributed by atoms with van der Waals surface area (Å²) in [6.45, 7) is 0.676. The third-order valence-corrected chi connectivity index (χ3v) is 4.88. The van der Waals surface area contributed by atoms with Gasteiger partial charge in [0.25, 0.3) is 0 Å². The zero-order valence-electron chi connectivity index (χ0n) is 12.6. The van der Waals surface area contributed by atoms with Crippen LogP contribution in [0.3, 0.4) is 0 Å². The van der Waals surface area contributed by atoms with E-state index in [9.17, 15) is 13.6 Å². The number of anilines is 1. The summed E-state index contributed by atoms with van der Waals surface area (Å²) in [5.74, 6) is -1.66. The van der Waals surface area contributed by atoms with E-state index in [1.807, 2.05) is 24.3 Å². The average Bonchev–Trinajstić information content (AvgIpc) is 3.17. The fourth-order valence-electron chi connectivity index (χ4n) is 2.86. The lowest BCUT2D eigenvalue weighted by molar-refractivity contribution is -0.116. The van der Waals surface area contributed by atoms with Gasteiger partial charge in [-0.15, -0.1) is 0 Å². The Morgan fingerprint density at radius 2 is 2.04 bits per heavy atom. The Morgan fingerprint density at radius 1 is 1.25 bits per heavy atom. The van der Waals surface area contributed by atoms with Crippen molar-refractivity contribution in [1.82, 2.24) is 9.97 Å². The number of fused-ring (bicyclic) bond motifs is 2. The van der Waals surface area contributed by atoms with Crippen LogP contribution in [0.25, 0.3) is 11.0 Å². The summed E-state index contributed by atoms with van der Waals surface area (Å²) in [5.41, 5.74) is 2.88. The van der Waals surface area contributed by atoms with Crippen molar-refractivity contribution in [2.45, 2.75) is 11.6 Å². The minimum Gasteiger partial charge on any atom is -0.333 e. The van der Waals surface area contributed by atoms with Crippen molar-refractivity contribution in [3.63, 3.8) is 0 Å². The highest BCUT2D eigenvalue weighted by Crippen LogP contribution is 2.29. The highest BCUT2D eigenvalue weighted by molar-refractivity contribution is 7.99. The minimum absolute atomic E-state index is 0.0113. The van der Waals surface area contributed by atoms with Crippen molar-refractivity contribution in [3.05, 3.63) is 53.6 Å². The number of nitrogens with one attached hydrogen (secondary N) is 1. The Balaban J connectivity index is 1.48. The van der Waals surface area contributed by atoms with Crippen LogP contribution in [0, 0.1) is 11.6 Å². The van der Waals surface area contributed by atoms with Gasteiger partial charge in [0, 0.05) is 24.4 Å². The molecule has 1 amide bonds. The maximum Gasteiger partial charge on any atom is 0.237 e. The van der Waals surface area contributed by atoms with Gasteiger partial charge in [-0.3, -0.25) is 4.79 Å². The van der Waals surface area contributed by atoms with Crippen LogP contribution < -0.4 is 4.90 Å². The van der Waals surface area contributed by atoms with Crippen molar-refractivity contribution in [3.8, 4) is 0 Å². The number of benzene rings is 2. The second-order valence-corrected chi connectivity index (χ2v) is 6.50. The van der Waals surface area contributed by atoms with Gasteiger partial charge in [-0.05, 0) is 18.1 Å². The zero-order valence-corrected chi connectivity index (χ0v) is 13.4. The summed E-state index contributed by atoms with van der Waals surface area (Å²) in [6.07, 6.45) is 0.857. The number of amides is 1. The number of para-hydroxylation sites is 1. The predicted molar refractivity (Wildman–Crippen MR) is 89.2 cm³/mol. The first-order valence-electron chi connectivity index (χ1n) is 7.47. The molecular weight excluding hydrogens is 332 g/mol. The molecule has 4 rings (SSSR count). The second-order valence-electron chi connectivity index (χ2n) is 5.54. The number of carbonyl (C=O) groups excluding carboxylic acids is 1. The van der Waals surface area contributed by atoms with Crippen molar-refractivity contribution >= 4 is 34.4 Å². The molecule has 1 N–H and O–H groups in total. The van der Waals surface area contributed by atoms with Crippen LogP contribution in [0.2, 0.25) is 0 Å². The Labute approximate surface area is 140 Å². The van der Waals surface area contributed by atoms with E-state index in [2.05, 4.69) is 9.97 Å². The zero-order chi connectivity index (χ0) is 16.7. The molecule has 0 radical (unpaired) electrons. The van der Waals surface area contributed by atoms with Gasteiger partial charge >= 0.3 is 0 Å². The van der Waals surface area contributed by atoms with Crippen LogP contribution in [-0.4, -0.2) is 28.2 Å². The van der Waals surface area contributed by atoms with Gasteiger partial charge in [-0.25, -0.2) is 13.8 Å². The first-order valence-corrected chi connectivity index (χ1v) is 8.46. The SMILES string of the molecule is O=C(CSc1nc2cc(F)c(F)cc2[nH]1)N1CCc2ccccc21. The summed E-state index contributed by atoms with van der Waals surface area (Å²) in [4.78, 5) is 21.3. The molecule has 4 nitrogen and oxygen atoms in total. The minimum atomic E-state index is -0.935. The van der Waals surface area contributed by atoms with Gasteiger partial charge in [0.15, 0.2) is 16.8 Å². The van der Waals surface area contributed by atoms with E-state index in [1.165, 1.54) is 17.3 Å². The molecule has 3 aromatic rings. The molecular formula is C17H13F2N3OS. The molecule has 1 aliphatic rings. The van der Waals surface area contributed by atoms with Gasteiger partial charge in [0.1, 0.15) is 0 Å². The van der Waals surface area contributed by atoms with Crippen LogP contribution in [0.1, 0.15) is 5.56 Å². The predicted octanol–water partition coefficient (Wildman–Crippen LogP) is 3.52. The number of aromatic nitrogens is 2. The lowest BCUT2D eigenvalue weighted by atomic mass is 10.2. The molecule has 0 bridgehead atoms. The smallest absolute Gasteiger partial charge is 0.237 e. The van der Waals surface area contributed by atoms with E-state index in [0.29, 0.717) is 22.7 Å². The third-order valence-electron chi connectivity index (χ3n) is 4.02. The van der Waals surface area contributed by atoms with Gasteiger partial charge in [0.2, 0.25) is 5.91 Å². The summed E-state index contributed by atoms with van der Waals surface area (Å²) in [5, 5.41) is 0.468. The molecule has 1 aromatic heterocycles. The van der Waals surface area contributed by atoms with Crippen molar-refractivity contribution in [1.29, 1.82) is 0 Å². The molecule has 7 heteroatoms. The summed E-state index contributed by atoms with van der Waals surface area (Å²) in [6, 6.07) is 9.97. The number of aromatic amines is 1. The Bertz CT molecular complexity index is 902. The Kier molecular flexibility index (Phi) is 3.72. The summed E-state index contributed by atoms with van der Waals surface area (Å²) in [7, 11) is 0. The molecule has 2 heterocycles. The summed E-state index contributed by atoms with van der Waals surface area (Å²) >= 11 is 1.22. The van der Waals surface area contributed by atoms with E-state index in [1.54, 1.807) is 4.90 Å². The number of halogens is 2. The largest absolute Gasteiger partial charge is 0.333 e. The normalized spacial score (nSPS) is 13.5. The van der Waals surface area contributed by atoms with Crippen molar-refractivity contribution < 1.29 is 13.6 Å². The van der Waals surface area contributed by atoms with Crippen LogP contribution in [0.4, 0.5) is 14.5 Å². The summed E-state index contributed by atoms with van der Waals surface area (Å²) < 4.78 is 26.4. The van der Waals surface area contributed by atoms with Gasteiger partial charge < -0.3 is 9.88 Å². The molecule has 2 aromatic carbocycles. The Morgan fingerprint density at radius 3 is 2.92 bits per heavy atom. The number of thioether (sulfide) groups is 1. The molecule has 0 unspecified atom stereocenters. The van der Waals surface area contributed by atoms with E-state index in [0.717, 1.165) is 24.2 Å². The molecule has 0 spiro atoms. The van der Waals surface area contributed by atoms with Crippen LogP contribution in [0.15, 0.2) is 41.6 Å². The first-order chi connectivity index (χ1) is 11.6. The third kappa shape index (κ3) is 2.65. The lowest BCUT2D eigenvalue weighted by Gasteiger charge is -2.16. The van der Waals surface area contributed by atoms with Gasteiger partial charge in [-0.1, -0.05) is 30.0 Å². The number of nitrogens with zero attached hydrogens (tertiary/aromatic N) is 2. The molecule has 0 atom stereocenters. The van der Waals surface area contributed by atoms with E-state index < -0.39 is 11.6 Å². The molecule has 0 saturated carbocycles. The molecule has 122 valence electrons. The fourth-order valence-corrected chi connectivity index (χ4v) is 3.62. The highest BCUT2D eigenvalue weighted by atomic mass is 32.2. The van der Waals surface area contributed by atoms with Crippen LogP contribution in [0.5, 0.6) is 0 Å². The monoisotopic (exact) mass is 345 g/mol. The second kappa shape index (κ2) is 5.90. The average molecular weight is 345 g/mol. The number of hydrogen-bond acceptors (Lipinski definition) is 3. The molecule has 0 aliphatic carbocycles. The van der Waals surface area contributed by atoms with Gasteiger partial charge in [0.05, 0.1) is 16.8 Å². The number of imidazole rings is 1. The molecule has 0 fully saturated rings. The number of hydrogen-bond donors (Lipinski definition) is 1. The first kappa shape index (κ1) is 15.1. The highest BCUT2D eigenvalue weighted by Gasteiger charge is 2.24. The number of H-pyrrole nitrogens is 1. The quantitative estimate of drug-likeness (QED) is 0.739. The maximum atomic E-state index is 13.2. The van der Waals surface area contributed by atoms with E-state index >= 15 is 0 Å². The van der Waals surface area contributed by atoms with Crippen LogP contribution >= 0.6 is 11.8 Å². The van der Waals surface area contributed by atoms with E-state index in [-0.39, 0.29) is 11.7 Å². The van der Waals surface area contributed by atoms with Crippen molar-refractivity contribution in [2.75, 3.05) is 17.2 Å². The fraction of sp³-hybridized carbons (Fsp3) is 0.176. The van der Waals surface area contributed by atoms with E-state index in [4.69, 9.17) is 0 Å². The molecule has 0 saturated heterocycles. The molecule has 1 aliphatic heterocycles. The maximum absolute atomic E-state index is 13.2. The molecule has 24 heavy (non-hydrogen) atoms. The number of rotatable bonds is 3. The van der Waals surface area contributed by atoms with Gasteiger partial charge in [-0.2, -0.15) is 0 Å². The lowest BCUT2D eigenvalue weighted by Crippen LogP contribution is -2.30.